The second-order valence-electron chi connectivity index (χ2n) is 25.1. The van der Waals surface area contributed by atoms with Gasteiger partial charge in [-0.1, -0.05) is 107 Å². The highest BCUT2D eigenvalue weighted by molar-refractivity contribution is 6.74. The van der Waals surface area contributed by atoms with E-state index in [-0.39, 0.29) is 35.5 Å². The molecule has 0 aliphatic carbocycles. The quantitative estimate of drug-likeness (QED) is 0.0529. The van der Waals surface area contributed by atoms with E-state index < -0.39 is 184 Å². The minimum Gasteiger partial charge on any atom is -0.467 e. The molecule has 10 rings (SSSR count). The van der Waals surface area contributed by atoms with Gasteiger partial charge in [-0.15, -0.1) is 0 Å². The number of carbonyl (C=O) groups is 6. The molecule has 0 spiro atoms. The Morgan fingerprint density at radius 2 is 0.761 bits per heavy atom. The third-order valence-corrected chi connectivity index (χ3v) is 22.4. The van der Waals surface area contributed by atoms with Crippen molar-refractivity contribution >= 4 is 44.1 Å². The Bertz CT molecular complexity index is 3150. The van der Waals surface area contributed by atoms with E-state index >= 15 is 0 Å². The maximum atomic E-state index is 14.7. The van der Waals surface area contributed by atoms with Crippen molar-refractivity contribution in [3.05, 3.63) is 144 Å². The second kappa shape index (κ2) is 29.4. The summed E-state index contributed by atoms with van der Waals surface area (Å²) < 4.78 is 116. The molecule has 12 unspecified atom stereocenters. The Kier molecular flexibility index (Phi) is 21.8. The summed E-state index contributed by atoms with van der Waals surface area (Å²) in [6.45, 7) is 18.6. The maximum absolute atomic E-state index is 14.7. The van der Waals surface area contributed by atoms with Crippen LogP contribution < -0.4 is 0 Å². The first-order chi connectivity index (χ1) is 43.9. The maximum Gasteiger partial charge on any atom is 0.338 e. The smallest absolute Gasteiger partial charge is 0.338 e. The first-order valence-electron chi connectivity index (χ1n) is 30.9. The van der Waals surface area contributed by atoms with Crippen molar-refractivity contribution in [2.45, 2.75) is 197 Å². The molecule has 0 aromatic heterocycles. The van der Waals surface area contributed by atoms with Crippen molar-refractivity contribution in [2.75, 3.05) is 27.4 Å². The zero-order chi connectivity index (χ0) is 65.8. The van der Waals surface area contributed by atoms with E-state index in [2.05, 4.69) is 0 Å². The van der Waals surface area contributed by atoms with E-state index in [4.69, 9.17) is 85.0 Å². The second-order valence-corrected chi connectivity index (χ2v) is 29.9. The van der Waals surface area contributed by atoms with Crippen LogP contribution in [0.1, 0.15) is 96.8 Å². The highest BCUT2D eigenvalue weighted by Gasteiger charge is 2.62. The van der Waals surface area contributed by atoms with Gasteiger partial charge >= 0.3 is 35.8 Å². The topological polar surface area (TPSA) is 269 Å². The minimum absolute atomic E-state index is 0.0754. The van der Waals surface area contributed by atoms with Crippen LogP contribution in [-0.4, -0.2) is 195 Å². The van der Waals surface area contributed by atoms with E-state index in [1.54, 1.807) is 93.6 Å². The van der Waals surface area contributed by atoms with Gasteiger partial charge in [-0.25, -0.2) is 28.8 Å². The van der Waals surface area contributed by atoms with Crippen LogP contribution >= 0.6 is 0 Å². The molecule has 0 saturated carbocycles. The molecule has 4 aromatic rings. The van der Waals surface area contributed by atoms with Crippen molar-refractivity contribution in [1.82, 2.24) is 0 Å². The van der Waals surface area contributed by atoms with Crippen LogP contribution in [0.25, 0.3) is 0 Å². The highest BCUT2D eigenvalue weighted by Crippen LogP contribution is 2.45. The van der Waals surface area contributed by atoms with Gasteiger partial charge in [-0.05, 0) is 87.4 Å². The number of ether oxygens (including phenoxy) is 17. The summed E-state index contributed by atoms with van der Waals surface area (Å²) in [5.74, 6) is -7.02. The fraction of sp³-hybridized carbons (Fsp3) is 0.552. The van der Waals surface area contributed by atoms with Gasteiger partial charge in [0.15, 0.2) is 76.4 Å². The SMILES string of the molecule is COC(=O)C1O[C@@H](O[C@@H]2C(C)[C@H](O[C@H]3C(C(=O)OC)O[C@@H](O[C@@H]4C(C)[C@H](C)OC5COC(C)O[C@@H]54)C(OC(=O)c4ccccc4)[C@H]3OC(=O)c3ccccc3)OC3COC(C)O[C@@H]32)C(OC(=O)c2ccccc2)C(OC(=O)c2ccccc2)C1O[Si](C)(C)C(C)(C)C. The van der Waals surface area contributed by atoms with Gasteiger partial charge in [0.25, 0.3) is 0 Å². The van der Waals surface area contributed by atoms with E-state index in [0.29, 0.717) is 0 Å². The molecule has 0 amide bonds. The summed E-state index contributed by atoms with van der Waals surface area (Å²) in [5, 5.41) is -0.499. The molecule has 6 heterocycles. The molecule has 6 fully saturated rings. The Balaban J connectivity index is 1.07. The van der Waals surface area contributed by atoms with E-state index in [0.717, 1.165) is 14.2 Å². The van der Waals surface area contributed by atoms with Crippen molar-refractivity contribution in [1.29, 1.82) is 0 Å². The molecule has 0 radical (unpaired) electrons. The number of methoxy groups -OCH3 is 2. The van der Waals surface area contributed by atoms with Crippen LogP contribution in [0.3, 0.4) is 0 Å². The van der Waals surface area contributed by atoms with Crippen LogP contribution in [0.15, 0.2) is 121 Å². The normalized spacial score (nSPS) is 34.7. The fourth-order valence-electron chi connectivity index (χ4n) is 11.7. The lowest BCUT2D eigenvalue weighted by Gasteiger charge is -2.53. The number of rotatable bonds is 18. The summed E-state index contributed by atoms with van der Waals surface area (Å²) in [6, 6.07) is 32.2. The summed E-state index contributed by atoms with van der Waals surface area (Å²) in [5.41, 5.74) is 0.410. The van der Waals surface area contributed by atoms with Crippen molar-refractivity contribution in [3.8, 4) is 0 Å². The minimum atomic E-state index is -3.00. The van der Waals surface area contributed by atoms with E-state index in [1.807, 2.05) is 47.7 Å². The molecule has 22 atom stereocenters. The standard InChI is InChI=1S/C67H82O24Si/c1-35-37(3)78-44-33-76-38(4)79-48(44)46(35)86-65-56(84-60(70)42-29-21-15-22-30-42)51(82-58(68)40-25-17-13-18-26-40)50(54(89-65)62(72)74-9)88-64-36(2)47(49-45(81-64)34-77-39(5)80-49)87-66-57(85-61(71)43-31-23-16-24-32-43)52(83-59(69)41-27-19-14-20-28-41)53(55(90-66)63(73)75-10)91-92(11,12)67(6,7)8/h13-32,35-39,44-57,64-66H,33-34H2,1-12H3/t35?,36?,37-,38?,39?,44?,45?,46+,47+,48-,49-,50+,51-,52?,53?,54?,55?,56?,57?,64-,65+,66+/m0/s1. The summed E-state index contributed by atoms with van der Waals surface area (Å²) in [4.78, 5) is 87.4. The number of hydrogen-bond donors (Lipinski definition) is 0. The average Bonchev–Trinajstić information content (AvgIpc) is 0.761. The van der Waals surface area contributed by atoms with E-state index in [9.17, 15) is 28.8 Å². The van der Waals surface area contributed by atoms with E-state index in [1.165, 1.54) is 48.5 Å². The van der Waals surface area contributed by atoms with Gasteiger partial charge in [-0.2, -0.15) is 0 Å². The molecular formula is C67H82O24Si. The molecule has 92 heavy (non-hydrogen) atoms. The summed E-state index contributed by atoms with van der Waals surface area (Å²) >= 11 is 0. The number of benzene rings is 4. The number of carbonyl (C=O) groups excluding carboxylic acids is 6. The fourth-order valence-corrected chi connectivity index (χ4v) is 13.0. The Morgan fingerprint density at radius 3 is 1.15 bits per heavy atom. The van der Waals surface area contributed by atoms with Gasteiger partial charge in [-0.3, -0.25) is 0 Å². The molecule has 6 saturated heterocycles. The monoisotopic (exact) mass is 1300 g/mol. The Hall–Kier alpha value is -6.56. The third-order valence-electron chi connectivity index (χ3n) is 18.0. The predicted molar refractivity (Wildman–Crippen MR) is 323 cm³/mol. The lowest BCUT2D eigenvalue weighted by Crippen LogP contribution is -2.69. The molecule has 0 N–H and O–H groups in total. The number of hydrogen-bond acceptors (Lipinski definition) is 24. The Labute approximate surface area is 535 Å². The van der Waals surface area contributed by atoms with Gasteiger partial charge in [0, 0.05) is 11.8 Å². The lowest BCUT2D eigenvalue weighted by atomic mass is 9.87. The molecular weight excluding hydrogens is 1220 g/mol. The average molecular weight is 1300 g/mol. The van der Waals surface area contributed by atoms with Crippen LogP contribution in [0.2, 0.25) is 18.1 Å². The largest absolute Gasteiger partial charge is 0.467 e. The molecule has 25 heteroatoms. The van der Waals surface area contributed by atoms with Crippen molar-refractivity contribution < 1.29 is 114 Å². The van der Waals surface area contributed by atoms with Crippen LogP contribution in [0.4, 0.5) is 0 Å². The molecule has 498 valence electrons. The number of esters is 6. The number of fused-ring (bicyclic) bond motifs is 2. The molecule has 24 nitrogen and oxygen atoms in total. The van der Waals surface area contributed by atoms with Crippen LogP contribution in [-0.2, 0) is 94.5 Å². The molecule has 0 bridgehead atoms. The molecule has 6 aliphatic heterocycles. The summed E-state index contributed by atoms with van der Waals surface area (Å²) in [6.07, 6.45) is -26.5. The van der Waals surface area contributed by atoms with Crippen molar-refractivity contribution in [2.24, 2.45) is 11.8 Å². The van der Waals surface area contributed by atoms with Gasteiger partial charge in [0.05, 0.1) is 68.0 Å². The van der Waals surface area contributed by atoms with Gasteiger partial charge < -0.3 is 85.0 Å². The van der Waals surface area contributed by atoms with Gasteiger partial charge in [0.1, 0.15) is 36.6 Å². The molecule has 4 aromatic carbocycles. The molecule has 6 aliphatic rings. The Morgan fingerprint density at radius 1 is 0.413 bits per heavy atom. The first kappa shape index (κ1) is 68.3. The van der Waals surface area contributed by atoms with Gasteiger partial charge in [0.2, 0.25) is 0 Å². The third kappa shape index (κ3) is 15.2. The predicted octanol–water partition coefficient (Wildman–Crippen LogP) is 7.54. The van der Waals surface area contributed by atoms with Crippen LogP contribution in [0.5, 0.6) is 0 Å². The first-order valence-corrected chi connectivity index (χ1v) is 33.9. The zero-order valence-electron chi connectivity index (χ0n) is 53.5. The van der Waals surface area contributed by atoms with Crippen LogP contribution in [0, 0.1) is 11.8 Å². The summed E-state index contributed by atoms with van der Waals surface area (Å²) in [7, 11) is -0.718. The zero-order valence-corrected chi connectivity index (χ0v) is 54.5. The highest BCUT2D eigenvalue weighted by atomic mass is 28.4. The lowest BCUT2D eigenvalue weighted by molar-refractivity contribution is -0.396. The van der Waals surface area contributed by atoms with Crippen molar-refractivity contribution in [3.63, 3.8) is 0 Å².